The molecule has 0 aromatic heterocycles. The SMILES string of the molecule is CC(C)C1CN(C(C)C)C(=O)C1C. The number of rotatable bonds is 2. The number of amides is 1. The third-order valence-electron chi connectivity index (χ3n) is 3.20. The Morgan fingerprint density at radius 3 is 2.08 bits per heavy atom. The third kappa shape index (κ3) is 1.87. The Kier molecular flexibility index (Phi) is 2.99. The van der Waals surface area contributed by atoms with Crippen molar-refractivity contribution >= 4 is 5.91 Å². The summed E-state index contributed by atoms with van der Waals surface area (Å²) in [6.45, 7) is 11.6. The van der Waals surface area contributed by atoms with Crippen molar-refractivity contribution in [3.63, 3.8) is 0 Å². The van der Waals surface area contributed by atoms with E-state index in [1.54, 1.807) is 0 Å². The van der Waals surface area contributed by atoms with Crippen LogP contribution in [0.25, 0.3) is 0 Å². The fraction of sp³-hybridized carbons (Fsp3) is 0.909. The zero-order chi connectivity index (χ0) is 10.2. The molecule has 0 N–H and O–H groups in total. The van der Waals surface area contributed by atoms with Gasteiger partial charge >= 0.3 is 0 Å². The molecule has 1 fully saturated rings. The molecule has 1 heterocycles. The van der Waals surface area contributed by atoms with Crippen LogP contribution in [0.15, 0.2) is 0 Å². The Morgan fingerprint density at radius 2 is 1.85 bits per heavy atom. The van der Waals surface area contributed by atoms with Crippen LogP contribution in [0.1, 0.15) is 34.6 Å². The summed E-state index contributed by atoms with van der Waals surface area (Å²) in [7, 11) is 0. The topological polar surface area (TPSA) is 20.3 Å². The number of carbonyl (C=O) groups excluding carboxylic acids is 1. The zero-order valence-electron chi connectivity index (χ0n) is 9.37. The van der Waals surface area contributed by atoms with E-state index in [0.717, 1.165) is 6.54 Å². The minimum absolute atomic E-state index is 0.224. The second-order valence-corrected chi connectivity index (χ2v) is 4.78. The Labute approximate surface area is 81.3 Å². The lowest BCUT2D eigenvalue weighted by Crippen LogP contribution is -2.33. The predicted molar refractivity (Wildman–Crippen MR) is 54.3 cm³/mol. The number of nitrogens with zero attached hydrogens (tertiary/aromatic N) is 1. The van der Waals surface area contributed by atoms with Gasteiger partial charge in [0.15, 0.2) is 0 Å². The molecule has 2 nitrogen and oxygen atoms in total. The smallest absolute Gasteiger partial charge is 0.225 e. The zero-order valence-corrected chi connectivity index (χ0v) is 9.37. The quantitative estimate of drug-likeness (QED) is 0.642. The van der Waals surface area contributed by atoms with Crippen LogP contribution in [-0.2, 0) is 4.79 Å². The van der Waals surface area contributed by atoms with E-state index < -0.39 is 0 Å². The first kappa shape index (κ1) is 10.6. The van der Waals surface area contributed by atoms with Crippen LogP contribution in [-0.4, -0.2) is 23.4 Å². The molecule has 0 aliphatic carbocycles. The van der Waals surface area contributed by atoms with Crippen LogP contribution >= 0.6 is 0 Å². The first-order chi connectivity index (χ1) is 5.95. The molecule has 0 spiro atoms. The Hall–Kier alpha value is -0.530. The summed E-state index contributed by atoms with van der Waals surface area (Å²) in [5, 5.41) is 0. The average molecular weight is 183 g/mol. The second kappa shape index (κ2) is 3.69. The van der Waals surface area contributed by atoms with Gasteiger partial charge in [0.05, 0.1) is 0 Å². The molecular formula is C11H21NO. The van der Waals surface area contributed by atoms with Crippen LogP contribution in [0.5, 0.6) is 0 Å². The molecule has 1 amide bonds. The molecule has 2 atom stereocenters. The van der Waals surface area contributed by atoms with Crippen molar-refractivity contribution in [2.45, 2.75) is 40.7 Å². The average Bonchev–Trinajstić information content (AvgIpc) is 2.29. The van der Waals surface area contributed by atoms with Crippen molar-refractivity contribution in [3.8, 4) is 0 Å². The Morgan fingerprint density at radius 1 is 1.31 bits per heavy atom. The minimum Gasteiger partial charge on any atom is -0.340 e. The minimum atomic E-state index is 0.224. The molecule has 0 radical (unpaired) electrons. The van der Waals surface area contributed by atoms with E-state index in [4.69, 9.17) is 0 Å². The van der Waals surface area contributed by atoms with Crippen molar-refractivity contribution in [2.24, 2.45) is 17.8 Å². The molecule has 2 heteroatoms. The highest BCUT2D eigenvalue weighted by molar-refractivity contribution is 5.81. The largest absolute Gasteiger partial charge is 0.340 e. The first-order valence-corrected chi connectivity index (χ1v) is 5.25. The molecular weight excluding hydrogens is 162 g/mol. The van der Waals surface area contributed by atoms with Gasteiger partial charge < -0.3 is 4.90 Å². The van der Waals surface area contributed by atoms with Crippen molar-refractivity contribution in [2.75, 3.05) is 6.54 Å². The van der Waals surface area contributed by atoms with E-state index in [2.05, 4.69) is 34.6 Å². The Bertz CT molecular complexity index is 198. The maximum atomic E-state index is 11.8. The van der Waals surface area contributed by atoms with Crippen molar-refractivity contribution in [1.82, 2.24) is 4.90 Å². The Balaban J connectivity index is 2.72. The van der Waals surface area contributed by atoms with Gasteiger partial charge in [0, 0.05) is 18.5 Å². The number of hydrogen-bond acceptors (Lipinski definition) is 1. The highest BCUT2D eigenvalue weighted by Crippen LogP contribution is 2.31. The maximum Gasteiger partial charge on any atom is 0.225 e. The normalized spacial score (nSPS) is 29.5. The summed E-state index contributed by atoms with van der Waals surface area (Å²) >= 11 is 0. The first-order valence-electron chi connectivity index (χ1n) is 5.25. The number of carbonyl (C=O) groups is 1. The molecule has 1 aliphatic heterocycles. The molecule has 0 aromatic carbocycles. The summed E-state index contributed by atoms with van der Waals surface area (Å²) < 4.78 is 0. The van der Waals surface area contributed by atoms with Gasteiger partial charge in [0.25, 0.3) is 0 Å². The lowest BCUT2D eigenvalue weighted by atomic mass is 9.87. The van der Waals surface area contributed by atoms with E-state index in [1.807, 2.05) is 4.90 Å². The summed E-state index contributed by atoms with van der Waals surface area (Å²) in [6.07, 6.45) is 0. The lowest BCUT2D eigenvalue weighted by molar-refractivity contribution is -0.132. The van der Waals surface area contributed by atoms with Gasteiger partial charge in [0.1, 0.15) is 0 Å². The van der Waals surface area contributed by atoms with Gasteiger partial charge in [-0.05, 0) is 25.7 Å². The van der Waals surface area contributed by atoms with Crippen LogP contribution in [0, 0.1) is 17.8 Å². The third-order valence-corrected chi connectivity index (χ3v) is 3.20. The summed E-state index contributed by atoms with van der Waals surface area (Å²) in [4.78, 5) is 13.8. The molecule has 13 heavy (non-hydrogen) atoms. The van der Waals surface area contributed by atoms with E-state index in [1.165, 1.54) is 0 Å². The highest BCUT2D eigenvalue weighted by Gasteiger charge is 2.39. The monoisotopic (exact) mass is 183 g/mol. The highest BCUT2D eigenvalue weighted by atomic mass is 16.2. The van der Waals surface area contributed by atoms with E-state index in [-0.39, 0.29) is 5.92 Å². The molecule has 1 aliphatic rings. The van der Waals surface area contributed by atoms with Crippen molar-refractivity contribution in [1.29, 1.82) is 0 Å². The standard InChI is InChI=1S/C11H21NO/c1-7(2)10-6-12(8(3)4)11(13)9(10)5/h7-10H,6H2,1-5H3. The number of hydrogen-bond donors (Lipinski definition) is 0. The van der Waals surface area contributed by atoms with Gasteiger partial charge in [-0.15, -0.1) is 0 Å². The number of likely N-dealkylation sites (tertiary alicyclic amines) is 1. The fourth-order valence-corrected chi connectivity index (χ4v) is 2.17. The summed E-state index contributed by atoms with van der Waals surface area (Å²) in [5.41, 5.74) is 0. The van der Waals surface area contributed by atoms with Gasteiger partial charge in [-0.2, -0.15) is 0 Å². The molecule has 0 bridgehead atoms. The maximum absolute atomic E-state index is 11.8. The van der Waals surface area contributed by atoms with Crippen molar-refractivity contribution < 1.29 is 4.79 Å². The summed E-state index contributed by atoms with van der Waals surface area (Å²) in [6, 6.07) is 0.360. The van der Waals surface area contributed by atoms with Gasteiger partial charge in [0.2, 0.25) is 5.91 Å². The van der Waals surface area contributed by atoms with Gasteiger partial charge in [-0.3, -0.25) is 4.79 Å². The second-order valence-electron chi connectivity index (χ2n) is 4.78. The van der Waals surface area contributed by atoms with Gasteiger partial charge in [-0.25, -0.2) is 0 Å². The van der Waals surface area contributed by atoms with Crippen LogP contribution < -0.4 is 0 Å². The van der Waals surface area contributed by atoms with Crippen LogP contribution in [0.3, 0.4) is 0 Å². The van der Waals surface area contributed by atoms with E-state index in [0.29, 0.717) is 23.8 Å². The molecule has 1 rings (SSSR count). The lowest BCUT2D eigenvalue weighted by Gasteiger charge is -2.21. The van der Waals surface area contributed by atoms with E-state index in [9.17, 15) is 4.79 Å². The van der Waals surface area contributed by atoms with Gasteiger partial charge in [-0.1, -0.05) is 20.8 Å². The van der Waals surface area contributed by atoms with Crippen LogP contribution in [0.2, 0.25) is 0 Å². The van der Waals surface area contributed by atoms with E-state index >= 15 is 0 Å². The van der Waals surface area contributed by atoms with Crippen LogP contribution in [0.4, 0.5) is 0 Å². The summed E-state index contributed by atoms with van der Waals surface area (Å²) in [5.74, 6) is 1.73. The molecule has 0 aromatic rings. The fourth-order valence-electron chi connectivity index (χ4n) is 2.17. The molecule has 0 saturated carbocycles. The predicted octanol–water partition coefficient (Wildman–Crippen LogP) is 2.15. The van der Waals surface area contributed by atoms with Crippen molar-refractivity contribution in [3.05, 3.63) is 0 Å². The molecule has 1 saturated heterocycles. The molecule has 2 unspecified atom stereocenters. The molecule has 76 valence electrons.